The third-order valence-corrected chi connectivity index (χ3v) is 3.87. The van der Waals surface area contributed by atoms with Crippen LogP contribution >= 0.6 is 11.3 Å². The quantitative estimate of drug-likeness (QED) is 0.855. The highest BCUT2D eigenvalue weighted by molar-refractivity contribution is 7.13. The van der Waals surface area contributed by atoms with E-state index in [-0.39, 0.29) is 18.5 Å². The predicted molar refractivity (Wildman–Crippen MR) is 75.5 cm³/mol. The minimum Gasteiger partial charge on any atom is -0.395 e. The number of rotatable bonds is 6. The van der Waals surface area contributed by atoms with Gasteiger partial charge in [-0.3, -0.25) is 0 Å². The maximum atomic E-state index is 12.8. The first kappa shape index (κ1) is 14.1. The number of halogens is 1. The van der Waals surface area contributed by atoms with Crippen LogP contribution in [0.3, 0.4) is 0 Å². The number of nitrogens with one attached hydrogen (secondary N) is 1. The molecule has 0 aliphatic rings. The summed E-state index contributed by atoms with van der Waals surface area (Å²) in [4.78, 5) is 4.50. The Morgan fingerprint density at radius 3 is 2.74 bits per heavy atom. The van der Waals surface area contributed by atoms with E-state index in [2.05, 4.69) is 10.3 Å². The number of hydrogen-bond acceptors (Lipinski definition) is 4. The van der Waals surface area contributed by atoms with Crippen LogP contribution in [0.5, 0.6) is 0 Å². The van der Waals surface area contributed by atoms with Crippen molar-refractivity contribution in [1.29, 1.82) is 0 Å². The molecule has 0 spiro atoms. The third-order valence-electron chi connectivity index (χ3n) is 2.93. The summed E-state index contributed by atoms with van der Waals surface area (Å²) in [6.45, 7) is 2.79. The fourth-order valence-electron chi connectivity index (χ4n) is 1.70. The van der Waals surface area contributed by atoms with Gasteiger partial charge in [0.25, 0.3) is 0 Å². The Labute approximate surface area is 116 Å². The van der Waals surface area contributed by atoms with Gasteiger partial charge in [0.05, 0.1) is 12.3 Å². The number of thiazole rings is 1. The number of aliphatic hydroxyl groups excluding tert-OH is 1. The molecule has 19 heavy (non-hydrogen) atoms. The van der Waals surface area contributed by atoms with Crippen LogP contribution in [0.2, 0.25) is 0 Å². The molecule has 0 fully saturated rings. The first-order chi connectivity index (χ1) is 9.22. The first-order valence-corrected chi connectivity index (χ1v) is 7.15. The molecule has 3 nitrogen and oxygen atoms in total. The summed E-state index contributed by atoms with van der Waals surface area (Å²) in [6, 6.07) is 6.44. The Morgan fingerprint density at radius 2 is 2.11 bits per heavy atom. The van der Waals surface area contributed by atoms with Gasteiger partial charge in [-0.1, -0.05) is 6.92 Å². The van der Waals surface area contributed by atoms with Crippen LogP contribution in [0.4, 0.5) is 4.39 Å². The highest BCUT2D eigenvalue weighted by Crippen LogP contribution is 2.23. The van der Waals surface area contributed by atoms with Crippen molar-refractivity contribution in [2.45, 2.75) is 25.9 Å². The monoisotopic (exact) mass is 280 g/mol. The van der Waals surface area contributed by atoms with Crippen molar-refractivity contribution in [1.82, 2.24) is 10.3 Å². The summed E-state index contributed by atoms with van der Waals surface area (Å²) in [5.74, 6) is -0.240. The Balaban J connectivity index is 2.01. The van der Waals surface area contributed by atoms with E-state index >= 15 is 0 Å². The number of nitrogens with zero attached hydrogens (tertiary/aromatic N) is 1. The molecule has 1 heterocycles. The van der Waals surface area contributed by atoms with E-state index in [0.717, 1.165) is 22.7 Å². The van der Waals surface area contributed by atoms with Crippen molar-refractivity contribution >= 4 is 11.3 Å². The summed E-state index contributed by atoms with van der Waals surface area (Å²) in [6.07, 6.45) is 0.880. The largest absolute Gasteiger partial charge is 0.395 e. The van der Waals surface area contributed by atoms with Crippen LogP contribution < -0.4 is 5.32 Å². The zero-order chi connectivity index (χ0) is 13.7. The molecule has 2 rings (SSSR count). The van der Waals surface area contributed by atoms with Crippen molar-refractivity contribution in [2.24, 2.45) is 0 Å². The van der Waals surface area contributed by atoms with Gasteiger partial charge >= 0.3 is 0 Å². The predicted octanol–water partition coefficient (Wildman–Crippen LogP) is 2.81. The smallest absolute Gasteiger partial charge is 0.123 e. The zero-order valence-electron chi connectivity index (χ0n) is 10.8. The number of aromatic nitrogens is 1. The second-order valence-corrected chi connectivity index (χ2v) is 5.18. The van der Waals surface area contributed by atoms with Crippen molar-refractivity contribution in [3.8, 4) is 10.6 Å². The van der Waals surface area contributed by atoms with Gasteiger partial charge < -0.3 is 10.4 Å². The molecule has 1 aromatic carbocycles. The average molecular weight is 280 g/mol. The third kappa shape index (κ3) is 3.83. The molecular weight excluding hydrogens is 263 g/mol. The summed E-state index contributed by atoms with van der Waals surface area (Å²) in [7, 11) is 0. The zero-order valence-corrected chi connectivity index (χ0v) is 11.6. The van der Waals surface area contributed by atoms with Crippen molar-refractivity contribution in [2.75, 3.05) is 6.61 Å². The topological polar surface area (TPSA) is 45.1 Å². The fourth-order valence-corrected chi connectivity index (χ4v) is 2.53. The summed E-state index contributed by atoms with van der Waals surface area (Å²) in [5, 5.41) is 15.2. The minimum absolute atomic E-state index is 0.107. The Morgan fingerprint density at radius 1 is 1.37 bits per heavy atom. The molecule has 0 radical (unpaired) electrons. The van der Waals surface area contributed by atoms with Crippen LogP contribution in [-0.4, -0.2) is 22.7 Å². The maximum Gasteiger partial charge on any atom is 0.123 e. The lowest BCUT2D eigenvalue weighted by atomic mass is 10.2. The van der Waals surface area contributed by atoms with Gasteiger partial charge in [0.1, 0.15) is 10.8 Å². The summed E-state index contributed by atoms with van der Waals surface area (Å²) < 4.78 is 12.8. The molecular formula is C14H17FN2OS. The number of hydrogen-bond donors (Lipinski definition) is 2. The molecule has 0 bridgehead atoms. The van der Waals surface area contributed by atoms with Crippen LogP contribution in [0, 0.1) is 5.82 Å². The second kappa shape index (κ2) is 6.75. The lowest BCUT2D eigenvalue weighted by Crippen LogP contribution is -2.31. The SMILES string of the molecule is CCC(CO)NCc1csc(-c2ccc(F)cc2)n1. The lowest BCUT2D eigenvalue weighted by molar-refractivity contribution is 0.238. The van der Waals surface area contributed by atoms with E-state index in [1.165, 1.54) is 23.5 Å². The Kier molecular flexibility index (Phi) is 5.01. The van der Waals surface area contributed by atoms with E-state index in [1.807, 2.05) is 12.3 Å². The van der Waals surface area contributed by atoms with Gasteiger partial charge in [-0.05, 0) is 30.7 Å². The van der Waals surface area contributed by atoms with E-state index < -0.39 is 0 Å². The van der Waals surface area contributed by atoms with Crippen molar-refractivity contribution < 1.29 is 9.50 Å². The van der Waals surface area contributed by atoms with Crippen LogP contribution in [0.25, 0.3) is 10.6 Å². The van der Waals surface area contributed by atoms with Gasteiger partial charge in [0, 0.05) is 23.5 Å². The molecule has 2 N–H and O–H groups in total. The highest BCUT2D eigenvalue weighted by atomic mass is 32.1. The molecule has 0 amide bonds. The molecule has 1 unspecified atom stereocenters. The lowest BCUT2D eigenvalue weighted by Gasteiger charge is -2.12. The van der Waals surface area contributed by atoms with Gasteiger partial charge in [-0.2, -0.15) is 0 Å². The average Bonchev–Trinajstić information content (AvgIpc) is 2.89. The molecule has 1 atom stereocenters. The van der Waals surface area contributed by atoms with Gasteiger partial charge in [-0.15, -0.1) is 11.3 Å². The molecule has 2 aromatic rings. The summed E-state index contributed by atoms with van der Waals surface area (Å²) >= 11 is 1.54. The Hall–Kier alpha value is -1.30. The van der Waals surface area contributed by atoms with Crippen LogP contribution in [-0.2, 0) is 6.54 Å². The first-order valence-electron chi connectivity index (χ1n) is 6.27. The van der Waals surface area contributed by atoms with Crippen molar-refractivity contribution in [3.05, 3.63) is 41.2 Å². The molecule has 102 valence electrons. The molecule has 5 heteroatoms. The Bertz CT molecular complexity index is 508. The van der Waals surface area contributed by atoms with E-state index in [9.17, 15) is 4.39 Å². The van der Waals surface area contributed by atoms with E-state index in [0.29, 0.717) is 6.54 Å². The standard InChI is InChI=1S/C14H17FN2OS/c1-2-12(8-18)16-7-13-9-19-14(17-13)10-3-5-11(15)6-4-10/h3-6,9,12,16,18H,2,7-8H2,1H3. The molecule has 0 aliphatic heterocycles. The minimum atomic E-state index is -0.240. The number of aliphatic hydroxyl groups is 1. The van der Waals surface area contributed by atoms with Gasteiger partial charge in [-0.25, -0.2) is 9.37 Å². The second-order valence-electron chi connectivity index (χ2n) is 4.32. The van der Waals surface area contributed by atoms with Crippen molar-refractivity contribution in [3.63, 3.8) is 0 Å². The fraction of sp³-hybridized carbons (Fsp3) is 0.357. The summed E-state index contributed by atoms with van der Waals surface area (Å²) in [5.41, 5.74) is 1.86. The number of benzene rings is 1. The van der Waals surface area contributed by atoms with Crippen LogP contribution in [0.15, 0.2) is 29.6 Å². The normalized spacial score (nSPS) is 12.6. The van der Waals surface area contributed by atoms with E-state index in [4.69, 9.17) is 5.11 Å². The molecule has 1 aromatic heterocycles. The maximum absolute atomic E-state index is 12.8. The molecule has 0 saturated carbocycles. The van der Waals surface area contributed by atoms with Crippen LogP contribution in [0.1, 0.15) is 19.0 Å². The highest BCUT2D eigenvalue weighted by Gasteiger charge is 2.07. The molecule has 0 aliphatic carbocycles. The molecule has 0 saturated heterocycles. The van der Waals surface area contributed by atoms with Gasteiger partial charge in [0.15, 0.2) is 0 Å². The van der Waals surface area contributed by atoms with Gasteiger partial charge in [0.2, 0.25) is 0 Å². The van der Waals surface area contributed by atoms with E-state index in [1.54, 1.807) is 12.1 Å².